The molecule has 1 amide bonds. The number of rotatable bonds is 6. The number of hydrogen-bond donors (Lipinski definition) is 2. The van der Waals surface area contributed by atoms with Gasteiger partial charge in [0, 0.05) is 11.8 Å². The number of ether oxygens (including phenoxy) is 1. The van der Waals surface area contributed by atoms with Gasteiger partial charge in [0.1, 0.15) is 23.6 Å². The Kier molecular flexibility index (Phi) is 5.66. The Morgan fingerprint density at radius 3 is 2.52 bits per heavy atom. The van der Waals surface area contributed by atoms with E-state index in [0.717, 1.165) is 22.7 Å². The van der Waals surface area contributed by atoms with Crippen molar-refractivity contribution in [3.63, 3.8) is 0 Å². The minimum atomic E-state index is -0.295. The second-order valence-corrected chi connectivity index (χ2v) is 6.40. The molecule has 1 heterocycles. The summed E-state index contributed by atoms with van der Waals surface area (Å²) in [6.45, 7) is 5.93. The van der Waals surface area contributed by atoms with Crippen LogP contribution in [0.4, 0.5) is 17.2 Å². The summed E-state index contributed by atoms with van der Waals surface area (Å²) in [7, 11) is 0. The lowest BCUT2D eigenvalue weighted by molar-refractivity contribution is 0.102. The van der Waals surface area contributed by atoms with Crippen molar-refractivity contribution in [3.8, 4) is 5.75 Å². The highest BCUT2D eigenvalue weighted by molar-refractivity contribution is 6.03. The van der Waals surface area contributed by atoms with E-state index < -0.39 is 0 Å². The van der Waals surface area contributed by atoms with Crippen LogP contribution in [0.5, 0.6) is 5.75 Å². The van der Waals surface area contributed by atoms with Crippen molar-refractivity contribution in [2.45, 2.75) is 26.9 Å². The first-order valence-electron chi connectivity index (χ1n) is 8.74. The molecule has 0 unspecified atom stereocenters. The Balaban J connectivity index is 1.76. The number of para-hydroxylation sites is 2. The van der Waals surface area contributed by atoms with Gasteiger partial charge in [-0.3, -0.25) is 4.79 Å². The molecule has 0 saturated heterocycles. The van der Waals surface area contributed by atoms with Gasteiger partial charge in [0.2, 0.25) is 0 Å². The molecule has 0 aliphatic heterocycles. The number of nitrogens with one attached hydrogen (secondary N) is 2. The van der Waals surface area contributed by atoms with Crippen molar-refractivity contribution in [2.75, 3.05) is 10.6 Å². The first-order valence-corrected chi connectivity index (χ1v) is 8.74. The summed E-state index contributed by atoms with van der Waals surface area (Å²) in [6, 6.07) is 16.8. The number of aryl methyl sites for hydroxylation is 1. The summed E-state index contributed by atoms with van der Waals surface area (Å²) in [6.07, 6.45) is 1.41. The first kappa shape index (κ1) is 18.4. The molecule has 6 heteroatoms. The topological polar surface area (TPSA) is 76.1 Å². The Bertz CT molecular complexity index is 923. The second kappa shape index (κ2) is 8.31. The Morgan fingerprint density at radius 1 is 1.04 bits per heavy atom. The molecule has 0 fully saturated rings. The molecule has 0 radical (unpaired) electrons. The van der Waals surface area contributed by atoms with Crippen LogP contribution in [-0.2, 0) is 0 Å². The monoisotopic (exact) mass is 362 g/mol. The zero-order valence-electron chi connectivity index (χ0n) is 15.6. The lowest BCUT2D eigenvalue weighted by atomic mass is 10.2. The number of carbonyl (C=O) groups excluding carboxylic acids is 1. The van der Waals surface area contributed by atoms with E-state index in [-0.39, 0.29) is 17.7 Å². The minimum absolute atomic E-state index is 0.0502. The highest BCUT2D eigenvalue weighted by Crippen LogP contribution is 2.27. The van der Waals surface area contributed by atoms with E-state index in [1.54, 1.807) is 6.07 Å². The third kappa shape index (κ3) is 5.04. The van der Waals surface area contributed by atoms with Crippen LogP contribution >= 0.6 is 0 Å². The third-order valence-corrected chi connectivity index (χ3v) is 3.72. The Labute approximate surface area is 158 Å². The molecular weight excluding hydrogens is 340 g/mol. The van der Waals surface area contributed by atoms with E-state index in [1.807, 2.05) is 69.3 Å². The molecule has 0 saturated carbocycles. The molecule has 1 aromatic heterocycles. The molecule has 27 heavy (non-hydrogen) atoms. The highest BCUT2D eigenvalue weighted by atomic mass is 16.5. The standard InChI is InChI=1S/C21H22N4O2/c1-14(2)27-19-7-5-4-6-17(19)25-20-12-18(22-13-23-20)21(26)24-16-10-8-15(3)9-11-16/h4-14H,1-3H3,(H,24,26)(H,22,23,25). The third-order valence-electron chi connectivity index (χ3n) is 3.72. The Hall–Kier alpha value is -3.41. The van der Waals surface area contributed by atoms with Gasteiger partial charge in [0.15, 0.2) is 0 Å². The maximum Gasteiger partial charge on any atom is 0.274 e. The van der Waals surface area contributed by atoms with Crippen LogP contribution in [0.3, 0.4) is 0 Å². The molecule has 2 aromatic carbocycles. The van der Waals surface area contributed by atoms with Crippen LogP contribution in [0, 0.1) is 6.92 Å². The predicted molar refractivity (Wildman–Crippen MR) is 107 cm³/mol. The number of amides is 1. The van der Waals surface area contributed by atoms with Crippen molar-refractivity contribution >= 4 is 23.1 Å². The molecular formula is C21H22N4O2. The number of benzene rings is 2. The lowest BCUT2D eigenvalue weighted by Gasteiger charge is -2.15. The summed E-state index contributed by atoms with van der Waals surface area (Å²) >= 11 is 0. The normalized spacial score (nSPS) is 10.5. The largest absolute Gasteiger partial charge is 0.489 e. The van der Waals surface area contributed by atoms with Crippen molar-refractivity contribution in [1.82, 2.24) is 9.97 Å². The smallest absolute Gasteiger partial charge is 0.274 e. The number of aromatic nitrogens is 2. The van der Waals surface area contributed by atoms with Gasteiger partial charge in [-0.1, -0.05) is 29.8 Å². The van der Waals surface area contributed by atoms with Gasteiger partial charge in [-0.15, -0.1) is 0 Å². The highest BCUT2D eigenvalue weighted by Gasteiger charge is 2.11. The molecule has 0 spiro atoms. The first-order chi connectivity index (χ1) is 13.0. The molecule has 138 valence electrons. The number of carbonyl (C=O) groups is 1. The average Bonchev–Trinajstić information content (AvgIpc) is 2.65. The fraction of sp³-hybridized carbons (Fsp3) is 0.190. The van der Waals surface area contributed by atoms with Gasteiger partial charge in [-0.25, -0.2) is 9.97 Å². The molecule has 3 aromatic rings. The van der Waals surface area contributed by atoms with Gasteiger partial charge in [-0.2, -0.15) is 0 Å². The average molecular weight is 362 g/mol. The quantitative estimate of drug-likeness (QED) is 0.672. The van der Waals surface area contributed by atoms with Crippen molar-refractivity contribution in [2.24, 2.45) is 0 Å². The molecule has 0 bridgehead atoms. The van der Waals surface area contributed by atoms with Gasteiger partial charge < -0.3 is 15.4 Å². The maximum atomic E-state index is 12.5. The van der Waals surface area contributed by atoms with E-state index in [0.29, 0.717) is 5.82 Å². The maximum absolute atomic E-state index is 12.5. The van der Waals surface area contributed by atoms with Gasteiger partial charge in [-0.05, 0) is 45.0 Å². The molecule has 0 atom stereocenters. The SMILES string of the molecule is Cc1ccc(NC(=O)c2cc(Nc3ccccc3OC(C)C)ncn2)cc1. The van der Waals surface area contributed by atoms with Crippen LogP contribution in [0.1, 0.15) is 29.9 Å². The molecule has 2 N–H and O–H groups in total. The van der Waals surface area contributed by atoms with E-state index in [4.69, 9.17) is 4.74 Å². The second-order valence-electron chi connectivity index (χ2n) is 6.40. The summed E-state index contributed by atoms with van der Waals surface area (Å²) in [5.41, 5.74) is 2.89. The van der Waals surface area contributed by atoms with Crippen molar-refractivity contribution < 1.29 is 9.53 Å². The minimum Gasteiger partial charge on any atom is -0.489 e. The lowest BCUT2D eigenvalue weighted by Crippen LogP contribution is -2.14. The van der Waals surface area contributed by atoms with Crippen LogP contribution < -0.4 is 15.4 Å². The van der Waals surface area contributed by atoms with E-state index in [9.17, 15) is 4.79 Å². The van der Waals surface area contributed by atoms with Crippen molar-refractivity contribution in [1.29, 1.82) is 0 Å². The zero-order chi connectivity index (χ0) is 19.2. The van der Waals surface area contributed by atoms with E-state index in [1.165, 1.54) is 6.33 Å². The van der Waals surface area contributed by atoms with Crippen LogP contribution in [-0.4, -0.2) is 22.0 Å². The summed E-state index contributed by atoms with van der Waals surface area (Å²) in [4.78, 5) is 20.7. The zero-order valence-corrected chi connectivity index (χ0v) is 15.6. The molecule has 3 rings (SSSR count). The van der Waals surface area contributed by atoms with Crippen LogP contribution in [0.25, 0.3) is 0 Å². The van der Waals surface area contributed by atoms with Crippen LogP contribution in [0.2, 0.25) is 0 Å². The molecule has 0 aliphatic rings. The number of anilines is 3. The number of nitrogens with zero attached hydrogens (tertiary/aromatic N) is 2. The fourth-order valence-corrected chi connectivity index (χ4v) is 2.45. The molecule has 6 nitrogen and oxygen atoms in total. The van der Waals surface area contributed by atoms with Gasteiger partial charge >= 0.3 is 0 Å². The molecule has 0 aliphatic carbocycles. The van der Waals surface area contributed by atoms with E-state index >= 15 is 0 Å². The van der Waals surface area contributed by atoms with Crippen LogP contribution in [0.15, 0.2) is 60.9 Å². The van der Waals surface area contributed by atoms with E-state index in [2.05, 4.69) is 20.6 Å². The van der Waals surface area contributed by atoms with Gasteiger partial charge in [0.25, 0.3) is 5.91 Å². The number of hydrogen-bond acceptors (Lipinski definition) is 5. The van der Waals surface area contributed by atoms with Gasteiger partial charge in [0.05, 0.1) is 11.8 Å². The predicted octanol–water partition coefficient (Wildman–Crippen LogP) is 4.57. The summed E-state index contributed by atoms with van der Waals surface area (Å²) in [5.74, 6) is 0.937. The summed E-state index contributed by atoms with van der Waals surface area (Å²) < 4.78 is 5.80. The fourth-order valence-electron chi connectivity index (χ4n) is 2.45. The summed E-state index contributed by atoms with van der Waals surface area (Å²) in [5, 5.41) is 6.02. The van der Waals surface area contributed by atoms with Crippen molar-refractivity contribution in [3.05, 3.63) is 72.2 Å². The Morgan fingerprint density at radius 2 is 1.78 bits per heavy atom.